The Hall–Kier alpha value is -0.380. The number of rotatable bonds is 5. The fraction of sp³-hybridized carbons (Fsp3) is 0.692. The molecule has 2 rings (SSSR count). The van der Waals surface area contributed by atoms with Crippen molar-refractivity contribution in [1.29, 1.82) is 0 Å². The van der Waals surface area contributed by atoms with Gasteiger partial charge in [0, 0.05) is 29.4 Å². The molecule has 3 heteroatoms. The summed E-state index contributed by atoms with van der Waals surface area (Å²) in [6.07, 6.45) is 2.59. The molecule has 1 saturated heterocycles. The summed E-state index contributed by atoms with van der Waals surface area (Å²) in [6, 6.07) is 4.44. The Kier molecular flexibility index (Phi) is 4.00. The van der Waals surface area contributed by atoms with Crippen molar-refractivity contribution in [3.8, 4) is 0 Å². The average molecular weight is 238 g/mol. The zero-order chi connectivity index (χ0) is 11.4. The van der Waals surface area contributed by atoms with Crippen LogP contribution in [-0.2, 0) is 6.54 Å². The second-order valence-electron chi connectivity index (χ2n) is 4.90. The molecule has 0 spiro atoms. The third-order valence-corrected chi connectivity index (χ3v) is 4.68. The number of thiophene rings is 1. The molecule has 1 unspecified atom stereocenters. The molecule has 1 fully saturated rings. The third-order valence-electron chi connectivity index (χ3n) is 3.68. The van der Waals surface area contributed by atoms with E-state index in [0.29, 0.717) is 5.41 Å². The van der Waals surface area contributed by atoms with Gasteiger partial charge in [-0.3, -0.25) is 0 Å². The van der Waals surface area contributed by atoms with E-state index in [0.717, 1.165) is 13.1 Å². The summed E-state index contributed by atoms with van der Waals surface area (Å²) in [7, 11) is 0. The molecule has 1 aliphatic rings. The summed E-state index contributed by atoms with van der Waals surface area (Å²) in [5.41, 5.74) is 0.506. The number of hydrogen-bond acceptors (Lipinski definition) is 3. The molecular formula is C13H22N2S. The van der Waals surface area contributed by atoms with E-state index in [1.165, 1.54) is 35.7 Å². The number of nitrogens with one attached hydrogen (secondary N) is 2. The summed E-state index contributed by atoms with van der Waals surface area (Å²) in [5, 5.41) is 7.10. The van der Waals surface area contributed by atoms with Crippen molar-refractivity contribution in [3.05, 3.63) is 21.9 Å². The minimum atomic E-state index is 0.506. The Morgan fingerprint density at radius 2 is 2.38 bits per heavy atom. The van der Waals surface area contributed by atoms with Gasteiger partial charge >= 0.3 is 0 Å². The van der Waals surface area contributed by atoms with Crippen molar-refractivity contribution in [2.24, 2.45) is 5.41 Å². The first-order chi connectivity index (χ1) is 7.74. The van der Waals surface area contributed by atoms with Crippen LogP contribution in [-0.4, -0.2) is 19.6 Å². The van der Waals surface area contributed by atoms with E-state index in [1.807, 2.05) is 11.3 Å². The average Bonchev–Trinajstić information content (AvgIpc) is 2.89. The van der Waals surface area contributed by atoms with Crippen LogP contribution < -0.4 is 10.6 Å². The zero-order valence-electron chi connectivity index (χ0n) is 10.3. The van der Waals surface area contributed by atoms with Crippen LogP contribution in [0.25, 0.3) is 0 Å². The van der Waals surface area contributed by atoms with Crippen molar-refractivity contribution in [1.82, 2.24) is 10.6 Å². The summed E-state index contributed by atoms with van der Waals surface area (Å²) in [5.74, 6) is 0. The first-order valence-electron chi connectivity index (χ1n) is 6.21. The van der Waals surface area contributed by atoms with Gasteiger partial charge in [-0.25, -0.2) is 0 Å². The van der Waals surface area contributed by atoms with E-state index < -0.39 is 0 Å². The van der Waals surface area contributed by atoms with Crippen LogP contribution in [0.3, 0.4) is 0 Å². The topological polar surface area (TPSA) is 24.1 Å². The normalized spacial score (nSPS) is 25.1. The highest BCUT2D eigenvalue weighted by Crippen LogP contribution is 2.28. The van der Waals surface area contributed by atoms with Crippen molar-refractivity contribution in [2.45, 2.75) is 33.2 Å². The van der Waals surface area contributed by atoms with Gasteiger partial charge in [-0.15, -0.1) is 11.3 Å². The van der Waals surface area contributed by atoms with Crippen LogP contribution in [0.1, 0.15) is 29.5 Å². The van der Waals surface area contributed by atoms with Gasteiger partial charge in [-0.2, -0.15) is 0 Å². The molecule has 0 radical (unpaired) electrons. The smallest absolute Gasteiger partial charge is 0.0300 e. The molecule has 1 atom stereocenters. The van der Waals surface area contributed by atoms with Crippen LogP contribution in [0.5, 0.6) is 0 Å². The lowest BCUT2D eigenvalue weighted by atomic mass is 9.84. The highest BCUT2D eigenvalue weighted by atomic mass is 32.1. The summed E-state index contributed by atoms with van der Waals surface area (Å²) >= 11 is 1.90. The van der Waals surface area contributed by atoms with E-state index in [4.69, 9.17) is 0 Å². The van der Waals surface area contributed by atoms with Crippen LogP contribution in [0.15, 0.2) is 12.1 Å². The maximum atomic E-state index is 3.62. The lowest BCUT2D eigenvalue weighted by molar-refractivity contribution is 0.291. The molecule has 0 aromatic carbocycles. The van der Waals surface area contributed by atoms with Gasteiger partial charge in [0.15, 0.2) is 0 Å². The minimum absolute atomic E-state index is 0.506. The molecule has 2 heterocycles. The van der Waals surface area contributed by atoms with E-state index >= 15 is 0 Å². The Balaban J connectivity index is 1.78. The number of aryl methyl sites for hydroxylation is 1. The fourth-order valence-electron chi connectivity index (χ4n) is 2.40. The second kappa shape index (κ2) is 5.30. The first-order valence-corrected chi connectivity index (χ1v) is 7.02. The monoisotopic (exact) mass is 238 g/mol. The molecule has 2 N–H and O–H groups in total. The lowest BCUT2D eigenvalue weighted by Gasteiger charge is -2.26. The molecule has 0 amide bonds. The van der Waals surface area contributed by atoms with Gasteiger partial charge in [0.1, 0.15) is 0 Å². The summed E-state index contributed by atoms with van der Waals surface area (Å²) < 4.78 is 0. The van der Waals surface area contributed by atoms with Crippen molar-refractivity contribution >= 4 is 11.3 Å². The maximum Gasteiger partial charge on any atom is 0.0300 e. The Bertz CT molecular complexity index is 326. The van der Waals surface area contributed by atoms with Gasteiger partial charge in [0.2, 0.25) is 0 Å². The summed E-state index contributed by atoms with van der Waals surface area (Å²) in [6.45, 7) is 9.02. The van der Waals surface area contributed by atoms with Crippen LogP contribution in [0.4, 0.5) is 0 Å². The van der Waals surface area contributed by atoms with Gasteiger partial charge in [0.25, 0.3) is 0 Å². The van der Waals surface area contributed by atoms with Gasteiger partial charge in [0.05, 0.1) is 0 Å². The van der Waals surface area contributed by atoms with E-state index in [1.54, 1.807) is 0 Å². The molecule has 0 bridgehead atoms. The molecule has 90 valence electrons. The predicted octanol–water partition coefficient (Wildman–Crippen LogP) is 2.54. The van der Waals surface area contributed by atoms with E-state index in [-0.39, 0.29) is 0 Å². The quantitative estimate of drug-likeness (QED) is 0.824. The lowest BCUT2D eigenvalue weighted by Crippen LogP contribution is -2.35. The maximum absolute atomic E-state index is 3.62. The van der Waals surface area contributed by atoms with Crippen LogP contribution in [0, 0.1) is 12.3 Å². The SMILES string of the molecule is CCC1(CNCc2ccc(C)s2)CCNC1. The van der Waals surface area contributed by atoms with E-state index in [9.17, 15) is 0 Å². The standard InChI is InChI=1S/C13H22N2S/c1-3-13(6-7-14-9-13)10-15-8-12-5-4-11(2)16-12/h4-5,14-15H,3,6-10H2,1-2H3. The summed E-state index contributed by atoms with van der Waals surface area (Å²) in [4.78, 5) is 2.86. The predicted molar refractivity (Wildman–Crippen MR) is 71.0 cm³/mol. The molecule has 0 saturated carbocycles. The minimum Gasteiger partial charge on any atom is -0.316 e. The molecule has 1 aromatic heterocycles. The zero-order valence-corrected chi connectivity index (χ0v) is 11.1. The van der Waals surface area contributed by atoms with Gasteiger partial charge in [-0.1, -0.05) is 6.92 Å². The molecule has 0 aliphatic carbocycles. The highest BCUT2D eigenvalue weighted by Gasteiger charge is 2.31. The number of hydrogen-bond donors (Lipinski definition) is 2. The molecule has 1 aromatic rings. The first kappa shape index (κ1) is 12.1. The van der Waals surface area contributed by atoms with E-state index in [2.05, 4.69) is 36.6 Å². The van der Waals surface area contributed by atoms with Gasteiger partial charge < -0.3 is 10.6 Å². The Morgan fingerprint density at radius 1 is 1.50 bits per heavy atom. The second-order valence-corrected chi connectivity index (χ2v) is 6.27. The molecular weight excluding hydrogens is 216 g/mol. The Morgan fingerprint density at radius 3 is 2.94 bits per heavy atom. The van der Waals surface area contributed by atoms with Crippen LogP contribution in [0.2, 0.25) is 0 Å². The molecule has 16 heavy (non-hydrogen) atoms. The largest absolute Gasteiger partial charge is 0.316 e. The van der Waals surface area contributed by atoms with Crippen molar-refractivity contribution in [3.63, 3.8) is 0 Å². The molecule has 2 nitrogen and oxygen atoms in total. The van der Waals surface area contributed by atoms with Crippen molar-refractivity contribution in [2.75, 3.05) is 19.6 Å². The molecule has 1 aliphatic heterocycles. The Labute approximate surface area is 102 Å². The van der Waals surface area contributed by atoms with Crippen molar-refractivity contribution < 1.29 is 0 Å². The van der Waals surface area contributed by atoms with Crippen LogP contribution >= 0.6 is 11.3 Å². The third kappa shape index (κ3) is 2.84. The van der Waals surface area contributed by atoms with Gasteiger partial charge in [-0.05, 0) is 43.9 Å². The highest BCUT2D eigenvalue weighted by molar-refractivity contribution is 7.11. The fourth-order valence-corrected chi connectivity index (χ4v) is 3.26.